The van der Waals surface area contributed by atoms with Crippen molar-refractivity contribution in [2.45, 2.75) is 53.0 Å². The van der Waals surface area contributed by atoms with E-state index in [1.165, 1.54) is 19.3 Å². The highest BCUT2D eigenvalue weighted by Crippen LogP contribution is 2.04. The summed E-state index contributed by atoms with van der Waals surface area (Å²) >= 11 is 0. The third-order valence-corrected chi connectivity index (χ3v) is 3.38. The summed E-state index contributed by atoms with van der Waals surface area (Å²) in [7, 11) is 1.81. The van der Waals surface area contributed by atoms with Gasteiger partial charge in [0.05, 0.1) is 0 Å². The zero-order valence-corrected chi connectivity index (χ0v) is 13.9. The van der Waals surface area contributed by atoms with E-state index < -0.39 is 0 Å². The molecular formula is C15H30N6. The number of nitrogens with zero attached hydrogens (tertiary/aromatic N) is 4. The Labute approximate surface area is 128 Å². The molecule has 1 heterocycles. The van der Waals surface area contributed by atoms with Gasteiger partial charge in [0.1, 0.15) is 12.2 Å². The van der Waals surface area contributed by atoms with Gasteiger partial charge in [-0.25, -0.2) is 0 Å². The summed E-state index contributed by atoms with van der Waals surface area (Å²) < 4.78 is 2.07. The molecule has 6 nitrogen and oxygen atoms in total. The number of nitrogens with one attached hydrogen (secondary N) is 2. The molecule has 0 bridgehead atoms. The number of unbranched alkanes of at least 4 members (excludes halogenated alkanes) is 1. The van der Waals surface area contributed by atoms with Gasteiger partial charge in [0.15, 0.2) is 5.96 Å². The molecule has 0 spiro atoms. The molecule has 0 saturated heterocycles. The second-order valence-electron chi connectivity index (χ2n) is 5.61. The third kappa shape index (κ3) is 7.11. The molecule has 1 rings (SSSR count). The van der Waals surface area contributed by atoms with Crippen LogP contribution in [-0.2, 0) is 13.0 Å². The molecule has 0 aromatic carbocycles. The fourth-order valence-corrected chi connectivity index (χ4v) is 2.14. The van der Waals surface area contributed by atoms with Crippen LogP contribution < -0.4 is 10.6 Å². The highest BCUT2D eigenvalue weighted by molar-refractivity contribution is 5.79. The minimum Gasteiger partial charge on any atom is -0.356 e. The Balaban J connectivity index is 2.17. The van der Waals surface area contributed by atoms with Crippen LogP contribution >= 0.6 is 0 Å². The molecule has 0 saturated carbocycles. The predicted molar refractivity (Wildman–Crippen MR) is 87.5 cm³/mol. The van der Waals surface area contributed by atoms with E-state index in [9.17, 15) is 0 Å². The van der Waals surface area contributed by atoms with Crippen LogP contribution in [-0.4, -0.2) is 40.9 Å². The topological polar surface area (TPSA) is 67.1 Å². The Hall–Kier alpha value is -1.59. The smallest absolute Gasteiger partial charge is 0.191 e. The van der Waals surface area contributed by atoms with E-state index in [0.717, 1.165) is 43.8 Å². The first-order valence-electron chi connectivity index (χ1n) is 7.98. The lowest BCUT2D eigenvalue weighted by Crippen LogP contribution is -2.39. The van der Waals surface area contributed by atoms with Gasteiger partial charge in [0.25, 0.3) is 0 Å². The SMILES string of the molecule is CCc1nncn1CCNC(=NC)NCCCCC(C)C. The second-order valence-corrected chi connectivity index (χ2v) is 5.61. The Morgan fingerprint density at radius 1 is 1.29 bits per heavy atom. The summed E-state index contributed by atoms with van der Waals surface area (Å²) in [5, 5.41) is 14.7. The molecule has 120 valence electrons. The van der Waals surface area contributed by atoms with Crippen LogP contribution in [0.3, 0.4) is 0 Å². The van der Waals surface area contributed by atoms with E-state index in [1.54, 1.807) is 13.4 Å². The van der Waals surface area contributed by atoms with Crippen LogP contribution in [0.5, 0.6) is 0 Å². The van der Waals surface area contributed by atoms with Crippen molar-refractivity contribution in [1.82, 2.24) is 25.4 Å². The number of aliphatic imine (C=N–C) groups is 1. The molecule has 1 aromatic rings. The zero-order valence-electron chi connectivity index (χ0n) is 13.9. The molecule has 0 radical (unpaired) electrons. The Bertz CT molecular complexity index is 410. The van der Waals surface area contributed by atoms with Gasteiger partial charge >= 0.3 is 0 Å². The van der Waals surface area contributed by atoms with Crippen molar-refractivity contribution in [2.24, 2.45) is 10.9 Å². The van der Waals surface area contributed by atoms with Gasteiger partial charge in [0.2, 0.25) is 0 Å². The number of hydrogen-bond acceptors (Lipinski definition) is 3. The van der Waals surface area contributed by atoms with Crippen LogP contribution in [0.2, 0.25) is 0 Å². The fraction of sp³-hybridized carbons (Fsp3) is 0.800. The maximum Gasteiger partial charge on any atom is 0.191 e. The van der Waals surface area contributed by atoms with Crippen LogP contribution in [0.25, 0.3) is 0 Å². The van der Waals surface area contributed by atoms with Gasteiger partial charge in [-0.1, -0.05) is 33.6 Å². The van der Waals surface area contributed by atoms with E-state index in [1.807, 2.05) is 0 Å². The van der Waals surface area contributed by atoms with Crippen molar-refractivity contribution >= 4 is 5.96 Å². The lowest BCUT2D eigenvalue weighted by atomic mass is 10.1. The molecule has 1 aromatic heterocycles. The van der Waals surface area contributed by atoms with E-state index in [0.29, 0.717) is 0 Å². The first-order valence-corrected chi connectivity index (χ1v) is 7.98. The summed E-state index contributed by atoms with van der Waals surface area (Å²) in [6.07, 6.45) is 6.43. The number of rotatable bonds is 9. The highest BCUT2D eigenvalue weighted by atomic mass is 15.3. The summed E-state index contributed by atoms with van der Waals surface area (Å²) in [4.78, 5) is 4.24. The van der Waals surface area contributed by atoms with E-state index >= 15 is 0 Å². The number of hydrogen-bond donors (Lipinski definition) is 2. The van der Waals surface area contributed by atoms with Crippen molar-refractivity contribution in [2.75, 3.05) is 20.1 Å². The summed E-state index contributed by atoms with van der Waals surface area (Å²) in [6, 6.07) is 0. The Morgan fingerprint density at radius 2 is 2.05 bits per heavy atom. The molecule has 0 aliphatic heterocycles. The summed E-state index contributed by atoms with van der Waals surface area (Å²) in [5.41, 5.74) is 0. The lowest BCUT2D eigenvalue weighted by Gasteiger charge is -2.13. The predicted octanol–water partition coefficient (Wildman–Crippen LogP) is 1.83. The normalized spacial score (nSPS) is 12.0. The van der Waals surface area contributed by atoms with Crippen LogP contribution in [0.4, 0.5) is 0 Å². The van der Waals surface area contributed by atoms with Crippen molar-refractivity contribution in [3.8, 4) is 0 Å². The highest BCUT2D eigenvalue weighted by Gasteiger charge is 2.02. The van der Waals surface area contributed by atoms with Crippen molar-refractivity contribution in [3.05, 3.63) is 12.2 Å². The third-order valence-electron chi connectivity index (χ3n) is 3.38. The lowest BCUT2D eigenvalue weighted by molar-refractivity contribution is 0.534. The first kappa shape index (κ1) is 17.5. The minimum atomic E-state index is 0.791. The fourth-order valence-electron chi connectivity index (χ4n) is 2.14. The Morgan fingerprint density at radius 3 is 2.71 bits per heavy atom. The molecule has 6 heteroatoms. The van der Waals surface area contributed by atoms with Crippen LogP contribution in [0.15, 0.2) is 11.3 Å². The van der Waals surface area contributed by atoms with Crippen molar-refractivity contribution in [3.63, 3.8) is 0 Å². The molecule has 0 aliphatic rings. The van der Waals surface area contributed by atoms with Gasteiger partial charge in [0, 0.05) is 33.1 Å². The van der Waals surface area contributed by atoms with Crippen LogP contribution in [0, 0.1) is 5.92 Å². The maximum atomic E-state index is 4.24. The van der Waals surface area contributed by atoms with Gasteiger partial charge in [-0.3, -0.25) is 4.99 Å². The molecule has 0 atom stereocenters. The average Bonchev–Trinajstić information content (AvgIpc) is 2.92. The summed E-state index contributed by atoms with van der Waals surface area (Å²) in [6.45, 7) is 9.26. The van der Waals surface area contributed by atoms with Crippen molar-refractivity contribution in [1.29, 1.82) is 0 Å². The largest absolute Gasteiger partial charge is 0.356 e. The molecular weight excluding hydrogens is 264 g/mol. The van der Waals surface area contributed by atoms with Gasteiger partial charge in [-0.2, -0.15) is 0 Å². The van der Waals surface area contributed by atoms with Crippen LogP contribution in [0.1, 0.15) is 45.9 Å². The van der Waals surface area contributed by atoms with Gasteiger partial charge in [-0.05, 0) is 12.3 Å². The zero-order chi connectivity index (χ0) is 15.5. The molecule has 0 unspecified atom stereocenters. The number of aromatic nitrogens is 3. The first-order chi connectivity index (χ1) is 10.2. The minimum absolute atomic E-state index is 0.791. The molecule has 0 fully saturated rings. The average molecular weight is 294 g/mol. The molecule has 21 heavy (non-hydrogen) atoms. The number of aryl methyl sites for hydroxylation is 1. The molecule has 0 aliphatic carbocycles. The van der Waals surface area contributed by atoms with Gasteiger partial charge < -0.3 is 15.2 Å². The van der Waals surface area contributed by atoms with Crippen molar-refractivity contribution < 1.29 is 0 Å². The van der Waals surface area contributed by atoms with E-state index in [4.69, 9.17) is 0 Å². The van der Waals surface area contributed by atoms with E-state index in [-0.39, 0.29) is 0 Å². The maximum absolute atomic E-state index is 4.24. The standard InChI is InChI=1S/C15H30N6/c1-5-14-20-19-12-21(14)11-10-18-15(16-4)17-9-7-6-8-13(2)3/h12-13H,5-11H2,1-4H3,(H2,16,17,18). The monoisotopic (exact) mass is 294 g/mol. The second kappa shape index (κ2) is 10.2. The number of guanidine groups is 1. The quantitative estimate of drug-likeness (QED) is 0.414. The Kier molecular flexibility index (Phi) is 8.47. The van der Waals surface area contributed by atoms with Gasteiger partial charge in [-0.15, -0.1) is 10.2 Å². The molecule has 2 N–H and O–H groups in total. The molecule has 0 amide bonds. The van der Waals surface area contributed by atoms with E-state index in [2.05, 4.69) is 51.2 Å². The summed E-state index contributed by atoms with van der Waals surface area (Å²) in [5.74, 6) is 2.68.